The number of hydrogen-bond acceptors (Lipinski definition) is 4. The van der Waals surface area contributed by atoms with E-state index in [2.05, 4.69) is 27.5 Å². The van der Waals surface area contributed by atoms with Gasteiger partial charge in [0.25, 0.3) is 0 Å². The standard InChI is InChI=1S/C20H32N4O/c1-16-6-4-7-18(14-16)22-19(25)17(2)24-13-5-12-23(3)20(15-24)8-10-21-11-9-20/h4,6-7,14,17,21H,5,8-13,15H2,1-3H3,(H,22,25)/t17-/m0/s1. The molecule has 0 saturated carbocycles. The molecule has 5 heteroatoms. The molecular weight excluding hydrogens is 312 g/mol. The van der Waals surface area contributed by atoms with Crippen LogP contribution in [0.3, 0.4) is 0 Å². The average molecular weight is 345 g/mol. The first-order valence-electron chi connectivity index (χ1n) is 9.54. The maximum Gasteiger partial charge on any atom is 0.241 e. The number of anilines is 1. The van der Waals surface area contributed by atoms with Gasteiger partial charge in [0.05, 0.1) is 6.04 Å². The first-order chi connectivity index (χ1) is 12.0. The summed E-state index contributed by atoms with van der Waals surface area (Å²) in [6, 6.07) is 7.90. The highest BCUT2D eigenvalue weighted by atomic mass is 16.2. The Morgan fingerprint density at radius 3 is 2.76 bits per heavy atom. The van der Waals surface area contributed by atoms with Crippen LogP contribution in [-0.2, 0) is 4.79 Å². The second kappa shape index (κ2) is 7.85. The third-order valence-electron chi connectivity index (χ3n) is 5.99. The van der Waals surface area contributed by atoms with Gasteiger partial charge in [0.2, 0.25) is 5.91 Å². The highest BCUT2D eigenvalue weighted by molar-refractivity contribution is 5.94. The number of carbonyl (C=O) groups excluding carboxylic acids is 1. The largest absolute Gasteiger partial charge is 0.325 e. The van der Waals surface area contributed by atoms with E-state index in [1.54, 1.807) is 0 Å². The van der Waals surface area contributed by atoms with Gasteiger partial charge in [-0.3, -0.25) is 14.6 Å². The van der Waals surface area contributed by atoms with Crippen molar-refractivity contribution in [1.82, 2.24) is 15.1 Å². The summed E-state index contributed by atoms with van der Waals surface area (Å²) in [5.74, 6) is 0.0965. The van der Waals surface area contributed by atoms with E-state index in [0.717, 1.165) is 63.2 Å². The summed E-state index contributed by atoms with van der Waals surface area (Å²) < 4.78 is 0. The van der Waals surface area contributed by atoms with E-state index >= 15 is 0 Å². The van der Waals surface area contributed by atoms with Gasteiger partial charge in [-0.05, 0) is 77.5 Å². The molecule has 1 amide bonds. The average Bonchev–Trinajstić information content (AvgIpc) is 2.75. The van der Waals surface area contributed by atoms with Crippen molar-refractivity contribution in [2.75, 3.05) is 45.1 Å². The van der Waals surface area contributed by atoms with Crippen molar-refractivity contribution in [3.8, 4) is 0 Å². The maximum atomic E-state index is 12.8. The molecule has 0 unspecified atom stereocenters. The molecular formula is C20H32N4O. The van der Waals surface area contributed by atoms with E-state index in [4.69, 9.17) is 0 Å². The van der Waals surface area contributed by atoms with Gasteiger partial charge in [0.1, 0.15) is 0 Å². The molecule has 2 aliphatic heterocycles. The summed E-state index contributed by atoms with van der Waals surface area (Å²) >= 11 is 0. The normalized spacial score (nSPS) is 23.2. The molecule has 3 rings (SSSR count). The number of nitrogens with one attached hydrogen (secondary N) is 2. The quantitative estimate of drug-likeness (QED) is 0.881. The summed E-state index contributed by atoms with van der Waals surface area (Å²) in [5.41, 5.74) is 2.26. The van der Waals surface area contributed by atoms with Crippen molar-refractivity contribution < 1.29 is 4.79 Å². The Morgan fingerprint density at radius 2 is 2.04 bits per heavy atom. The Kier molecular flexibility index (Phi) is 5.77. The molecule has 25 heavy (non-hydrogen) atoms. The lowest BCUT2D eigenvalue weighted by atomic mass is 9.86. The van der Waals surface area contributed by atoms with Gasteiger partial charge >= 0.3 is 0 Å². The van der Waals surface area contributed by atoms with E-state index in [-0.39, 0.29) is 17.5 Å². The Balaban J connectivity index is 1.69. The number of likely N-dealkylation sites (N-methyl/N-ethyl adjacent to an activating group) is 1. The molecule has 0 radical (unpaired) electrons. The molecule has 1 aromatic rings. The zero-order chi connectivity index (χ0) is 17.9. The fraction of sp³-hybridized carbons (Fsp3) is 0.650. The molecule has 2 heterocycles. The predicted octanol–water partition coefficient (Wildman–Crippen LogP) is 2.08. The summed E-state index contributed by atoms with van der Waals surface area (Å²) in [6.07, 6.45) is 3.44. The van der Waals surface area contributed by atoms with Gasteiger partial charge in [0.15, 0.2) is 0 Å². The van der Waals surface area contributed by atoms with Crippen molar-refractivity contribution in [2.45, 2.75) is 44.7 Å². The van der Waals surface area contributed by atoms with Crippen molar-refractivity contribution in [3.05, 3.63) is 29.8 Å². The zero-order valence-electron chi connectivity index (χ0n) is 15.8. The fourth-order valence-corrected chi connectivity index (χ4v) is 4.22. The van der Waals surface area contributed by atoms with Crippen LogP contribution in [0.15, 0.2) is 24.3 Å². The SMILES string of the molecule is Cc1cccc(NC(=O)[C@H](C)N2CCCN(C)C3(CCNCC3)C2)c1. The van der Waals surface area contributed by atoms with Crippen molar-refractivity contribution in [3.63, 3.8) is 0 Å². The van der Waals surface area contributed by atoms with Crippen LogP contribution in [0.5, 0.6) is 0 Å². The number of amides is 1. The van der Waals surface area contributed by atoms with Gasteiger partial charge in [-0.1, -0.05) is 12.1 Å². The van der Waals surface area contributed by atoms with Crippen LogP contribution in [0, 0.1) is 6.92 Å². The zero-order valence-corrected chi connectivity index (χ0v) is 15.8. The lowest BCUT2D eigenvalue weighted by molar-refractivity contribution is -0.121. The van der Waals surface area contributed by atoms with Gasteiger partial charge in [-0.25, -0.2) is 0 Å². The first-order valence-corrected chi connectivity index (χ1v) is 9.54. The van der Waals surface area contributed by atoms with Crippen molar-refractivity contribution in [2.24, 2.45) is 0 Å². The number of hydrogen-bond donors (Lipinski definition) is 2. The molecule has 2 saturated heterocycles. The van der Waals surface area contributed by atoms with Gasteiger partial charge in [-0.2, -0.15) is 0 Å². The van der Waals surface area contributed by atoms with E-state index in [1.165, 1.54) is 0 Å². The number of nitrogens with zero attached hydrogens (tertiary/aromatic N) is 2. The van der Waals surface area contributed by atoms with Crippen LogP contribution < -0.4 is 10.6 Å². The van der Waals surface area contributed by atoms with Crippen molar-refractivity contribution in [1.29, 1.82) is 0 Å². The molecule has 0 aliphatic carbocycles. The summed E-state index contributed by atoms with van der Waals surface area (Å²) in [7, 11) is 2.26. The second-order valence-corrected chi connectivity index (χ2v) is 7.75. The highest BCUT2D eigenvalue weighted by Crippen LogP contribution is 2.29. The number of rotatable bonds is 3. The molecule has 0 aromatic heterocycles. The molecule has 1 spiro atoms. The third kappa shape index (κ3) is 4.22. The highest BCUT2D eigenvalue weighted by Gasteiger charge is 2.40. The first kappa shape index (κ1) is 18.4. The molecule has 5 nitrogen and oxygen atoms in total. The summed E-state index contributed by atoms with van der Waals surface area (Å²) in [4.78, 5) is 17.7. The topological polar surface area (TPSA) is 47.6 Å². The number of carbonyl (C=O) groups is 1. The van der Waals surface area contributed by atoms with Crippen LogP contribution in [-0.4, -0.2) is 67.1 Å². The lowest BCUT2D eigenvalue weighted by Crippen LogP contribution is -2.59. The fourth-order valence-electron chi connectivity index (χ4n) is 4.22. The van der Waals surface area contributed by atoms with Gasteiger partial charge < -0.3 is 10.6 Å². The second-order valence-electron chi connectivity index (χ2n) is 7.75. The smallest absolute Gasteiger partial charge is 0.241 e. The summed E-state index contributed by atoms with van der Waals surface area (Å²) in [5, 5.41) is 6.57. The molecule has 2 aliphatic rings. The Labute approximate surface area is 151 Å². The van der Waals surface area contributed by atoms with Crippen molar-refractivity contribution >= 4 is 11.6 Å². The predicted molar refractivity (Wildman–Crippen MR) is 103 cm³/mol. The number of piperidine rings is 1. The van der Waals surface area contributed by atoms with Crippen LogP contribution in [0.4, 0.5) is 5.69 Å². The minimum atomic E-state index is -0.112. The van der Waals surface area contributed by atoms with Crippen LogP contribution in [0.1, 0.15) is 31.7 Å². The minimum Gasteiger partial charge on any atom is -0.325 e. The van der Waals surface area contributed by atoms with Crippen LogP contribution in [0.25, 0.3) is 0 Å². The Bertz CT molecular complexity index is 597. The van der Waals surface area contributed by atoms with E-state index in [1.807, 2.05) is 38.1 Å². The molecule has 0 bridgehead atoms. The summed E-state index contributed by atoms with van der Waals surface area (Å²) in [6.45, 7) is 9.32. The molecule has 1 aromatic carbocycles. The van der Waals surface area contributed by atoms with E-state index in [0.29, 0.717) is 0 Å². The molecule has 2 N–H and O–H groups in total. The van der Waals surface area contributed by atoms with Gasteiger partial charge in [0, 0.05) is 24.3 Å². The minimum absolute atomic E-state index is 0.0965. The van der Waals surface area contributed by atoms with Gasteiger partial charge in [-0.15, -0.1) is 0 Å². The Hall–Kier alpha value is -1.43. The number of benzene rings is 1. The van der Waals surface area contributed by atoms with E-state index < -0.39 is 0 Å². The lowest BCUT2D eigenvalue weighted by Gasteiger charge is -2.46. The van der Waals surface area contributed by atoms with Crippen LogP contribution in [0.2, 0.25) is 0 Å². The maximum absolute atomic E-state index is 12.8. The third-order valence-corrected chi connectivity index (χ3v) is 5.99. The number of aryl methyl sites for hydroxylation is 1. The molecule has 2 fully saturated rings. The van der Waals surface area contributed by atoms with E-state index in [9.17, 15) is 4.79 Å². The Morgan fingerprint density at radius 1 is 1.28 bits per heavy atom. The van der Waals surface area contributed by atoms with Crippen LogP contribution >= 0.6 is 0 Å². The molecule has 1 atom stereocenters. The monoisotopic (exact) mass is 344 g/mol. The molecule has 138 valence electrons.